The number of ether oxygens (including phenoxy) is 4. The van der Waals surface area contributed by atoms with Crippen molar-refractivity contribution in [2.24, 2.45) is 4.99 Å². The first kappa shape index (κ1) is 35.2. The van der Waals surface area contributed by atoms with E-state index < -0.39 is 29.1 Å². The number of carbonyl (C=O) groups excluding carboxylic acids is 2. The molecule has 0 saturated carbocycles. The standard InChI is InChI=1S/C40H44N2O7/c1-39(2,3)49-35(44)23-24-40(38(45)41-27-32-13-8-9-14-34(32)46-4)36(30-17-15-29(16-18-30)28-11-6-5-7-12-28)48-37(42-40)31-19-21-33(22-20-31)47-26-10-25-43/h5-9,11-22,36,43H,10,23-27H2,1-4H3,(H,41,45)/t36-,40-/m1/s1. The minimum atomic E-state index is -1.52. The van der Waals surface area contributed by atoms with Crippen molar-refractivity contribution in [3.05, 3.63) is 120 Å². The Kier molecular flexibility index (Phi) is 11.4. The molecule has 9 heteroatoms. The van der Waals surface area contributed by atoms with Crippen LogP contribution in [0.4, 0.5) is 0 Å². The molecule has 4 aromatic rings. The van der Waals surface area contributed by atoms with E-state index >= 15 is 0 Å². The van der Waals surface area contributed by atoms with Crippen molar-refractivity contribution in [2.45, 2.75) is 63.8 Å². The molecule has 0 bridgehead atoms. The fourth-order valence-electron chi connectivity index (χ4n) is 5.71. The Balaban J connectivity index is 1.54. The van der Waals surface area contributed by atoms with E-state index in [9.17, 15) is 9.59 Å². The number of nitrogens with one attached hydrogen (secondary N) is 1. The third-order valence-electron chi connectivity index (χ3n) is 8.11. The molecule has 1 aliphatic rings. The summed E-state index contributed by atoms with van der Waals surface area (Å²) in [7, 11) is 1.59. The highest BCUT2D eigenvalue weighted by molar-refractivity contribution is 6.01. The number of para-hydroxylation sites is 1. The number of rotatable bonds is 14. The van der Waals surface area contributed by atoms with Crippen LogP contribution in [0.5, 0.6) is 11.5 Å². The van der Waals surface area contributed by atoms with Crippen LogP contribution in [0.15, 0.2) is 108 Å². The summed E-state index contributed by atoms with van der Waals surface area (Å²) in [6, 6.07) is 32.6. The molecule has 2 N–H and O–H groups in total. The lowest BCUT2D eigenvalue weighted by Crippen LogP contribution is -2.48. The number of aliphatic hydroxyl groups excluding tert-OH is 1. The number of carbonyl (C=O) groups is 2. The third kappa shape index (κ3) is 8.86. The summed E-state index contributed by atoms with van der Waals surface area (Å²) in [6.45, 7) is 6.04. The highest BCUT2D eigenvalue weighted by atomic mass is 16.6. The minimum Gasteiger partial charge on any atom is -0.496 e. The van der Waals surface area contributed by atoms with Gasteiger partial charge in [-0.3, -0.25) is 9.59 Å². The lowest BCUT2D eigenvalue weighted by molar-refractivity contribution is -0.155. The molecule has 5 rings (SSSR count). The van der Waals surface area contributed by atoms with E-state index in [-0.39, 0.29) is 31.9 Å². The van der Waals surface area contributed by atoms with Gasteiger partial charge in [-0.15, -0.1) is 0 Å². The minimum absolute atomic E-state index is 0.0383. The second-order valence-electron chi connectivity index (χ2n) is 12.9. The van der Waals surface area contributed by atoms with Crippen LogP contribution in [0.2, 0.25) is 0 Å². The van der Waals surface area contributed by atoms with E-state index in [4.69, 9.17) is 29.0 Å². The van der Waals surface area contributed by atoms with E-state index in [1.54, 1.807) is 19.2 Å². The quantitative estimate of drug-likeness (QED) is 0.112. The molecule has 0 aromatic heterocycles. The molecular formula is C40H44N2O7. The second-order valence-corrected chi connectivity index (χ2v) is 12.9. The van der Waals surface area contributed by atoms with Crippen molar-refractivity contribution in [1.82, 2.24) is 5.32 Å². The molecule has 0 spiro atoms. The third-order valence-corrected chi connectivity index (χ3v) is 8.11. The second kappa shape index (κ2) is 15.8. The molecule has 0 unspecified atom stereocenters. The van der Waals surface area contributed by atoms with Gasteiger partial charge in [-0.1, -0.05) is 72.8 Å². The van der Waals surface area contributed by atoms with E-state index in [1.165, 1.54) is 0 Å². The summed E-state index contributed by atoms with van der Waals surface area (Å²) in [5, 5.41) is 12.2. The van der Waals surface area contributed by atoms with Crippen molar-refractivity contribution in [3.8, 4) is 22.6 Å². The molecule has 4 aromatic carbocycles. The zero-order valence-corrected chi connectivity index (χ0v) is 28.5. The van der Waals surface area contributed by atoms with Gasteiger partial charge < -0.3 is 29.4 Å². The molecule has 1 amide bonds. The van der Waals surface area contributed by atoms with Gasteiger partial charge in [-0.05, 0) is 74.2 Å². The molecule has 256 valence electrons. The molecule has 9 nitrogen and oxygen atoms in total. The van der Waals surface area contributed by atoms with E-state index in [2.05, 4.69) is 5.32 Å². The molecule has 0 fully saturated rings. The Morgan fingerprint density at radius 2 is 1.53 bits per heavy atom. The number of esters is 1. The monoisotopic (exact) mass is 664 g/mol. The number of hydrogen-bond donors (Lipinski definition) is 2. The molecule has 0 aliphatic carbocycles. The summed E-state index contributed by atoms with van der Waals surface area (Å²) >= 11 is 0. The van der Waals surface area contributed by atoms with Gasteiger partial charge in [0, 0.05) is 37.1 Å². The van der Waals surface area contributed by atoms with Gasteiger partial charge in [0.25, 0.3) is 5.91 Å². The molecular weight excluding hydrogens is 620 g/mol. The Morgan fingerprint density at radius 1 is 0.878 bits per heavy atom. The number of methoxy groups -OCH3 is 1. The number of amides is 1. The van der Waals surface area contributed by atoms with Crippen molar-refractivity contribution in [2.75, 3.05) is 20.3 Å². The predicted octanol–water partition coefficient (Wildman–Crippen LogP) is 6.82. The van der Waals surface area contributed by atoms with Crippen LogP contribution in [-0.2, 0) is 25.6 Å². The van der Waals surface area contributed by atoms with Crippen molar-refractivity contribution in [3.63, 3.8) is 0 Å². The van der Waals surface area contributed by atoms with Gasteiger partial charge >= 0.3 is 5.97 Å². The van der Waals surface area contributed by atoms with Crippen LogP contribution in [0.3, 0.4) is 0 Å². The van der Waals surface area contributed by atoms with Crippen LogP contribution in [0.1, 0.15) is 62.8 Å². The number of aliphatic hydroxyl groups is 1. The highest BCUT2D eigenvalue weighted by Gasteiger charge is 2.53. The maximum atomic E-state index is 14.6. The number of benzene rings is 4. The van der Waals surface area contributed by atoms with Crippen LogP contribution in [0, 0.1) is 0 Å². The Hall–Kier alpha value is -5.15. The van der Waals surface area contributed by atoms with Crippen LogP contribution in [0.25, 0.3) is 11.1 Å². The first-order chi connectivity index (χ1) is 23.6. The Bertz CT molecular complexity index is 1730. The van der Waals surface area contributed by atoms with Crippen molar-refractivity contribution < 1.29 is 33.6 Å². The Labute approximate surface area is 287 Å². The average Bonchev–Trinajstić information content (AvgIpc) is 3.51. The molecule has 0 radical (unpaired) electrons. The molecule has 49 heavy (non-hydrogen) atoms. The maximum Gasteiger partial charge on any atom is 0.306 e. The van der Waals surface area contributed by atoms with Crippen molar-refractivity contribution in [1.29, 1.82) is 0 Å². The van der Waals surface area contributed by atoms with Crippen molar-refractivity contribution >= 4 is 17.8 Å². The van der Waals surface area contributed by atoms with Gasteiger partial charge in [0.2, 0.25) is 5.90 Å². The molecule has 1 aliphatic heterocycles. The first-order valence-corrected chi connectivity index (χ1v) is 16.5. The lowest BCUT2D eigenvalue weighted by atomic mass is 9.83. The number of hydrogen-bond acceptors (Lipinski definition) is 8. The van der Waals surface area contributed by atoms with E-state index in [0.29, 0.717) is 30.1 Å². The van der Waals surface area contributed by atoms with Gasteiger partial charge in [0.05, 0.1) is 13.7 Å². The first-order valence-electron chi connectivity index (χ1n) is 16.5. The van der Waals surface area contributed by atoms with Crippen LogP contribution in [-0.4, -0.2) is 54.3 Å². The molecule has 1 heterocycles. The topological polar surface area (TPSA) is 116 Å². The summed E-state index contributed by atoms with van der Waals surface area (Å²) < 4.78 is 23.5. The summed E-state index contributed by atoms with van der Waals surface area (Å²) in [6.07, 6.45) is -0.355. The summed E-state index contributed by atoms with van der Waals surface area (Å²) in [5.74, 6) is 0.728. The Morgan fingerprint density at radius 3 is 2.20 bits per heavy atom. The maximum absolute atomic E-state index is 14.6. The van der Waals surface area contributed by atoms with Gasteiger partial charge in [-0.2, -0.15) is 0 Å². The van der Waals surface area contributed by atoms with E-state index in [1.807, 2.05) is 112 Å². The predicted molar refractivity (Wildman–Crippen MR) is 189 cm³/mol. The smallest absolute Gasteiger partial charge is 0.306 e. The SMILES string of the molecule is COc1ccccc1CNC(=O)[C@]1(CCC(=O)OC(C)(C)C)N=C(c2ccc(OCCCO)cc2)O[C@@H]1c1ccc(-c2ccccc2)cc1. The van der Waals surface area contributed by atoms with Crippen LogP contribution >= 0.6 is 0 Å². The molecule has 0 saturated heterocycles. The van der Waals surface area contributed by atoms with Gasteiger partial charge in [0.15, 0.2) is 11.6 Å². The number of nitrogens with zero attached hydrogens (tertiary/aromatic N) is 1. The lowest BCUT2D eigenvalue weighted by Gasteiger charge is -2.31. The largest absolute Gasteiger partial charge is 0.496 e. The fourth-order valence-corrected chi connectivity index (χ4v) is 5.71. The molecule has 2 atom stereocenters. The summed E-state index contributed by atoms with van der Waals surface area (Å²) in [4.78, 5) is 32.7. The summed E-state index contributed by atoms with van der Waals surface area (Å²) in [5.41, 5.74) is 2.05. The average molecular weight is 665 g/mol. The fraction of sp³-hybridized carbons (Fsp3) is 0.325. The van der Waals surface area contributed by atoms with Crippen LogP contribution < -0.4 is 14.8 Å². The normalized spacial score (nSPS) is 17.1. The number of aliphatic imine (C=N–C) groups is 1. The highest BCUT2D eigenvalue weighted by Crippen LogP contribution is 2.44. The van der Waals surface area contributed by atoms with Gasteiger partial charge in [0.1, 0.15) is 17.1 Å². The zero-order valence-electron chi connectivity index (χ0n) is 28.5. The van der Waals surface area contributed by atoms with E-state index in [0.717, 1.165) is 22.3 Å². The zero-order chi connectivity index (χ0) is 34.9. The van der Waals surface area contributed by atoms with Gasteiger partial charge in [-0.25, -0.2) is 4.99 Å².